The van der Waals surface area contributed by atoms with Gasteiger partial charge in [-0.05, 0) is 28.7 Å². The summed E-state index contributed by atoms with van der Waals surface area (Å²) in [6.45, 7) is 0. The topological polar surface area (TPSA) is 42.0 Å². The van der Waals surface area contributed by atoms with Crippen LogP contribution in [0.5, 0.6) is 0 Å². The highest BCUT2D eigenvalue weighted by Gasteiger charge is 2.18. The number of halogens is 1. The molecule has 0 bridgehead atoms. The van der Waals surface area contributed by atoms with E-state index in [4.69, 9.17) is 0 Å². The van der Waals surface area contributed by atoms with Gasteiger partial charge < -0.3 is 5.32 Å². The lowest BCUT2D eigenvalue weighted by Gasteiger charge is -1.95. The maximum atomic E-state index is 10.9. The van der Waals surface area contributed by atoms with E-state index in [-0.39, 0.29) is 5.91 Å². The van der Waals surface area contributed by atoms with Crippen LogP contribution >= 0.6 is 22.6 Å². The summed E-state index contributed by atoms with van der Waals surface area (Å²) in [5.74, 6) is 0.755. The van der Waals surface area contributed by atoms with Gasteiger partial charge in [0.15, 0.2) is 0 Å². The highest BCUT2D eigenvalue weighted by atomic mass is 127. The molecule has 0 aromatic carbocycles. The minimum absolute atomic E-state index is 0.0366. The van der Waals surface area contributed by atoms with Crippen molar-refractivity contribution in [2.45, 2.75) is 6.42 Å². The van der Waals surface area contributed by atoms with Crippen molar-refractivity contribution in [3.8, 4) is 0 Å². The molecule has 0 saturated carbocycles. The van der Waals surface area contributed by atoms with Gasteiger partial charge >= 0.3 is 0 Å². The minimum atomic E-state index is 0.0366. The van der Waals surface area contributed by atoms with E-state index in [1.54, 1.807) is 6.20 Å². The fourth-order valence-electron chi connectivity index (χ4n) is 1.08. The van der Waals surface area contributed by atoms with Gasteiger partial charge in [0.2, 0.25) is 5.91 Å². The lowest BCUT2D eigenvalue weighted by atomic mass is 10.2. The Bertz CT molecular complexity index is 324. The number of fused-ring (bicyclic) bond motifs is 1. The molecule has 1 aromatic rings. The molecule has 2 heterocycles. The third-order valence-electron chi connectivity index (χ3n) is 1.54. The summed E-state index contributed by atoms with van der Waals surface area (Å²) in [5.41, 5.74) is 1.00. The molecule has 1 aromatic heterocycles. The number of anilines is 1. The van der Waals surface area contributed by atoms with Crippen LogP contribution in [0.3, 0.4) is 0 Å². The SMILES string of the molecule is O=C1Cc2cc(I)cnc2N1. The molecule has 11 heavy (non-hydrogen) atoms. The molecule has 0 atom stereocenters. The molecule has 2 rings (SSSR count). The molecule has 0 unspecified atom stereocenters. The van der Waals surface area contributed by atoms with Crippen molar-refractivity contribution in [2.75, 3.05) is 5.32 Å². The van der Waals surface area contributed by atoms with Gasteiger partial charge in [0.05, 0.1) is 6.42 Å². The highest BCUT2D eigenvalue weighted by Crippen LogP contribution is 2.21. The van der Waals surface area contributed by atoms with Gasteiger partial charge in [-0.1, -0.05) is 0 Å². The molecule has 0 spiro atoms. The number of nitrogens with zero attached hydrogens (tertiary/aromatic N) is 1. The molecule has 1 aliphatic rings. The smallest absolute Gasteiger partial charge is 0.230 e. The summed E-state index contributed by atoms with van der Waals surface area (Å²) in [6.07, 6.45) is 2.21. The fraction of sp³-hybridized carbons (Fsp3) is 0.143. The van der Waals surface area contributed by atoms with Crippen molar-refractivity contribution in [1.82, 2.24) is 4.98 Å². The summed E-state index contributed by atoms with van der Waals surface area (Å²) in [5, 5.41) is 2.67. The van der Waals surface area contributed by atoms with Gasteiger partial charge in [0, 0.05) is 15.3 Å². The maximum absolute atomic E-state index is 10.9. The first-order chi connectivity index (χ1) is 5.25. The predicted molar refractivity (Wildman–Crippen MR) is 49.3 cm³/mol. The molecule has 0 radical (unpaired) electrons. The van der Waals surface area contributed by atoms with Gasteiger partial charge in [-0.2, -0.15) is 0 Å². The Hall–Kier alpha value is -0.650. The number of hydrogen-bond donors (Lipinski definition) is 1. The van der Waals surface area contributed by atoms with Crippen LogP contribution in [0.2, 0.25) is 0 Å². The molecule has 0 aliphatic carbocycles. The van der Waals surface area contributed by atoms with Crippen LogP contribution in [0.4, 0.5) is 5.82 Å². The van der Waals surface area contributed by atoms with Crippen LogP contribution in [0.1, 0.15) is 5.56 Å². The average Bonchev–Trinajstić information content (AvgIpc) is 2.27. The number of rotatable bonds is 0. The van der Waals surface area contributed by atoms with Crippen molar-refractivity contribution in [3.05, 3.63) is 21.4 Å². The zero-order chi connectivity index (χ0) is 7.84. The molecule has 1 N–H and O–H groups in total. The van der Waals surface area contributed by atoms with E-state index in [2.05, 4.69) is 32.9 Å². The summed E-state index contributed by atoms with van der Waals surface area (Å²) >= 11 is 2.18. The quantitative estimate of drug-likeness (QED) is 0.712. The van der Waals surface area contributed by atoms with Gasteiger partial charge in [-0.25, -0.2) is 4.98 Å². The van der Waals surface area contributed by atoms with Crippen LogP contribution in [0, 0.1) is 3.57 Å². The van der Waals surface area contributed by atoms with Crippen LogP contribution in [-0.2, 0) is 11.2 Å². The predicted octanol–water partition coefficient (Wildman–Crippen LogP) is 1.18. The molecular formula is C7H5IN2O. The Balaban J connectivity index is 2.51. The minimum Gasteiger partial charge on any atom is -0.310 e. The monoisotopic (exact) mass is 260 g/mol. The normalized spacial score (nSPS) is 14.5. The third-order valence-corrected chi connectivity index (χ3v) is 2.13. The molecule has 0 saturated heterocycles. The Morgan fingerprint density at radius 2 is 2.45 bits per heavy atom. The van der Waals surface area contributed by atoms with Gasteiger partial charge in [0.1, 0.15) is 5.82 Å². The first-order valence-electron chi connectivity index (χ1n) is 3.20. The fourth-order valence-corrected chi connectivity index (χ4v) is 1.59. The second-order valence-corrected chi connectivity index (χ2v) is 3.63. The summed E-state index contributed by atoms with van der Waals surface area (Å²) in [4.78, 5) is 14.9. The largest absolute Gasteiger partial charge is 0.310 e. The Labute approximate surface area is 77.3 Å². The summed E-state index contributed by atoms with van der Waals surface area (Å²) in [7, 11) is 0. The van der Waals surface area contributed by atoms with Crippen LogP contribution in [0.15, 0.2) is 12.3 Å². The van der Waals surface area contributed by atoms with E-state index in [9.17, 15) is 4.79 Å². The standard InChI is InChI=1S/C7H5IN2O/c8-5-1-4-2-6(11)10-7(4)9-3-5/h1,3H,2H2,(H,9,10,11). The summed E-state index contributed by atoms with van der Waals surface area (Å²) in [6, 6.07) is 1.97. The van der Waals surface area contributed by atoms with Crippen molar-refractivity contribution in [2.24, 2.45) is 0 Å². The van der Waals surface area contributed by atoms with Crippen molar-refractivity contribution >= 4 is 34.3 Å². The van der Waals surface area contributed by atoms with Crippen LogP contribution in [-0.4, -0.2) is 10.9 Å². The molecule has 3 nitrogen and oxygen atoms in total. The number of carbonyl (C=O) groups excluding carboxylic acids is 1. The average molecular weight is 260 g/mol. The lowest BCUT2D eigenvalue weighted by molar-refractivity contribution is -0.115. The molecular weight excluding hydrogens is 255 g/mol. The number of hydrogen-bond acceptors (Lipinski definition) is 2. The molecule has 1 amide bonds. The Morgan fingerprint density at radius 1 is 1.64 bits per heavy atom. The van der Waals surface area contributed by atoms with E-state index in [1.165, 1.54) is 0 Å². The Morgan fingerprint density at radius 3 is 3.27 bits per heavy atom. The van der Waals surface area contributed by atoms with E-state index in [1.807, 2.05) is 6.07 Å². The van der Waals surface area contributed by atoms with Crippen LogP contribution in [0.25, 0.3) is 0 Å². The summed E-state index contributed by atoms with van der Waals surface area (Å²) < 4.78 is 1.07. The first-order valence-corrected chi connectivity index (χ1v) is 4.28. The van der Waals surface area contributed by atoms with Gasteiger partial charge in [0.25, 0.3) is 0 Å². The van der Waals surface area contributed by atoms with Gasteiger partial charge in [-0.15, -0.1) is 0 Å². The zero-order valence-corrected chi connectivity index (χ0v) is 7.75. The second kappa shape index (κ2) is 2.44. The van der Waals surface area contributed by atoms with Crippen molar-refractivity contribution in [1.29, 1.82) is 0 Å². The molecule has 0 fully saturated rings. The lowest BCUT2D eigenvalue weighted by Crippen LogP contribution is -2.04. The number of pyridine rings is 1. The van der Waals surface area contributed by atoms with E-state index in [0.717, 1.165) is 15.0 Å². The van der Waals surface area contributed by atoms with E-state index < -0.39 is 0 Å². The number of amides is 1. The number of carbonyl (C=O) groups is 1. The van der Waals surface area contributed by atoms with E-state index >= 15 is 0 Å². The zero-order valence-electron chi connectivity index (χ0n) is 5.60. The maximum Gasteiger partial charge on any atom is 0.230 e. The first kappa shape index (κ1) is 7.02. The van der Waals surface area contributed by atoms with Crippen molar-refractivity contribution < 1.29 is 4.79 Å². The number of aromatic nitrogens is 1. The number of nitrogens with one attached hydrogen (secondary N) is 1. The highest BCUT2D eigenvalue weighted by molar-refractivity contribution is 14.1. The van der Waals surface area contributed by atoms with Crippen LogP contribution < -0.4 is 5.32 Å². The van der Waals surface area contributed by atoms with Crippen molar-refractivity contribution in [3.63, 3.8) is 0 Å². The third kappa shape index (κ3) is 1.22. The second-order valence-electron chi connectivity index (χ2n) is 2.39. The molecule has 1 aliphatic heterocycles. The molecule has 4 heteroatoms. The molecule has 56 valence electrons. The van der Waals surface area contributed by atoms with E-state index in [0.29, 0.717) is 6.42 Å². The Kier molecular flexibility index (Phi) is 1.56. The van der Waals surface area contributed by atoms with Gasteiger partial charge in [-0.3, -0.25) is 4.79 Å².